The number of nitrogens with one attached hydrogen (secondary N) is 1. The van der Waals surface area contributed by atoms with E-state index in [9.17, 15) is 18.3 Å². The van der Waals surface area contributed by atoms with Crippen molar-refractivity contribution in [1.29, 1.82) is 0 Å². The molecule has 0 amide bonds. The van der Waals surface area contributed by atoms with Crippen molar-refractivity contribution < 1.29 is 13.5 Å². The molecule has 33 heavy (non-hydrogen) atoms. The summed E-state index contributed by atoms with van der Waals surface area (Å²) in [6.07, 6.45) is 6.57. The van der Waals surface area contributed by atoms with Crippen LogP contribution in [-0.2, 0) is 10.0 Å². The van der Waals surface area contributed by atoms with E-state index in [4.69, 9.17) is 0 Å². The minimum atomic E-state index is -3.55. The summed E-state index contributed by atoms with van der Waals surface area (Å²) in [7, 11) is -3.55. The normalized spacial score (nSPS) is 25.0. The maximum atomic E-state index is 12.7. The SMILES string of the molecule is CC1(O)CCCC1n1c(=O)ccc2cnc(NC3CCN(S(=O)(=O)c4nccs4)CC3)nc21. The van der Waals surface area contributed by atoms with E-state index in [1.165, 1.54) is 16.6 Å². The highest BCUT2D eigenvalue weighted by Crippen LogP contribution is 2.39. The molecule has 2 aliphatic rings. The molecule has 0 aromatic carbocycles. The number of anilines is 1. The van der Waals surface area contributed by atoms with Gasteiger partial charge in [0, 0.05) is 48.4 Å². The van der Waals surface area contributed by atoms with E-state index in [2.05, 4.69) is 20.3 Å². The highest BCUT2D eigenvalue weighted by atomic mass is 32.2. The predicted octanol–water partition coefficient (Wildman–Crippen LogP) is 1.99. The summed E-state index contributed by atoms with van der Waals surface area (Å²) in [5.74, 6) is 0.390. The van der Waals surface area contributed by atoms with E-state index in [-0.39, 0.29) is 22.0 Å². The third-order valence-electron chi connectivity index (χ3n) is 6.61. The second kappa shape index (κ2) is 8.42. The van der Waals surface area contributed by atoms with Crippen LogP contribution < -0.4 is 10.9 Å². The fraction of sp³-hybridized carbons (Fsp3) is 0.524. The largest absolute Gasteiger partial charge is 0.388 e. The van der Waals surface area contributed by atoms with Crippen molar-refractivity contribution in [3.8, 4) is 0 Å². The zero-order valence-corrected chi connectivity index (χ0v) is 19.8. The fourth-order valence-corrected chi connectivity index (χ4v) is 7.25. The zero-order chi connectivity index (χ0) is 23.2. The minimum Gasteiger partial charge on any atom is -0.388 e. The quantitative estimate of drug-likeness (QED) is 0.555. The van der Waals surface area contributed by atoms with Crippen LogP contribution in [0.15, 0.2) is 39.0 Å². The van der Waals surface area contributed by atoms with Crippen LogP contribution in [0, 0.1) is 0 Å². The molecule has 1 saturated heterocycles. The average molecular weight is 491 g/mol. The van der Waals surface area contributed by atoms with Gasteiger partial charge < -0.3 is 10.4 Å². The molecule has 3 aromatic heterocycles. The van der Waals surface area contributed by atoms with Crippen molar-refractivity contribution in [3.63, 3.8) is 0 Å². The Balaban J connectivity index is 1.35. The molecule has 0 spiro atoms. The summed E-state index contributed by atoms with van der Waals surface area (Å²) >= 11 is 1.12. The molecule has 5 rings (SSSR count). The molecule has 1 saturated carbocycles. The fourth-order valence-electron chi connectivity index (χ4n) is 4.82. The molecule has 1 aliphatic heterocycles. The number of aliphatic hydroxyl groups is 1. The van der Waals surface area contributed by atoms with Gasteiger partial charge in [0.2, 0.25) is 10.3 Å². The smallest absolute Gasteiger partial charge is 0.270 e. The van der Waals surface area contributed by atoms with Gasteiger partial charge in [0.15, 0.2) is 0 Å². The van der Waals surface area contributed by atoms with E-state index >= 15 is 0 Å². The number of thiazole rings is 1. The van der Waals surface area contributed by atoms with Gasteiger partial charge in [-0.1, -0.05) is 0 Å². The summed E-state index contributed by atoms with van der Waals surface area (Å²) in [5.41, 5.74) is -0.664. The highest BCUT2D eigenvalue weighted by Gasteiger charge is 2.39. The molecule has 4 heterocycles. The van der Waals surface area contributed by atoms with Crippen LogP contribution >= 0.6 is 11.3 Å². The van der Waals surface area contributed by atoms with Gasteiger partial charge in [-0.25, -0.2) is 18.4 Å². The van der Waals surface area contributed by atoms with E-state index in [1.54, 1.807) is 29.1 Å². The van der Waals surface area contributed by atoms with Crippen molar-refractivity contribution in [3.05, 3.63) is 40.3 Å². The Labute approximate surface area is 195 Å². The van der Waals surface area contributed by atoms with E-state index in [0.29, 0.717) is 50.4 Å². The number of aromatic nitrogens is 4. The summed E-state index contributed by atoms with van der Waals surface area (Å²) in [4.78, 5) is 25.7. The molecule has 1 aliphatic carbocycles. The summed E-state index contributed by atoms with van der Waals surface area (Å²) < 4.78 is 28.5. The summed E-state index contributed by atoms with van der Waals surface area (Å²) in [6.45, 7) is 2.52. The Morgan fingerprint density at radius 3 is 2.67 bits per heavy atom. The number of piperidine rings is 1. The maximum absolute atomic E-state index is 12.7. The van der Waals surface area contributed by atoms with Gasteiger partial charge in [0.1, 0.15) is 5.65 Å². The monoisotopic (exact) mass is 490 g/mol. The second-order valence-corrected chi connectivity index (χ2v) is 11.9. The van der Waals surface area contributed by atoms with E-state index in [0.717, 1.165) is 23.1 Å². The van der Waals surface area contributed by atoms with Crippen LogP contribution in [0.5, 0.6) is 0 Å². The lowest BCUT2D eigenvalue weighted by Crippen LogP contribution is -2.42. The molecule has 2 unspecified atom stereocenters. The molecule has 0 bridgehead atoms. The molecule has 2 atom stereocenters. The zero-order valence-electron chi connectivity index (χ0n) is 18.2. The first-order valence-electron chi connectivity index (χ1n) is 11.0. The molecular formula is C21H26N6O4S2. The third-order valence-corrected chi connectivity index (χ3v) is 9.69. The van der Waals surface area contributed by atoms with Crippen molar-refractivity contribution in [1.82, 2.24) is 23.8 Å². The number of fused-ring (bicyclic) bond motifs is 1. The first-order chi connectivity index (χ1) is 15.8. The van der Waals surface area contributed by atoms with Gasteiger partial charge in [0.25, 0.3) is 15.6 Å². The van der Waals surface area contributed by atoms with Gasteiger partial charge in [-0.05, 0) is 45.1 Å². The molecule has 10 nitrogen and oxygen atoms in total. The van der Waals surface area contributed by atoms with Gasteiger partial charge in [0.05, 0.1) is 11.6 Å². The van der Waals surface area contributed by atoms with Crippen molar-refractivity contribution in [2.24, 2.45) is 0 Å². The van der Waals surface area contributed by atoms with E-state index in [1.807, 2.05) is 0 Å². The Morgan fingerprint density at radius 1 is 1.21 bits per heavy atom. The summed E-state index contributed by atoms with van der Waals surface area (Å²) in [6, 6.07) is 2.86. The Bertz CT molecular complexity index is 1310. The number of pyridine rings is 1. The first-order valence-corrected chi connectivity index (χ1v) is 13.3. The predicted molar refractivity (Wildman–Crippen MR) is 125 cm³/mol. The Hall–Kier alpha value is -2.41. The van der Waals surface area contributed by atoms with Crippen molar-refractivity contribution >= 4 is 38.3 Å². The lowest BCUT2D eigenvalue weighted by atomic mass is 10.00. The molecule has 3 aromatic rings. The Morgan fingerprint density at radius 2 is 2.00 bits per heavy atom. The van der Waals surface area contributed by atoms with Crippen molar-refractivity contribution in [2.45, 2.75) is 61.1 Å². The maximum Gasteiger partial charge on any atom is 0.270 e. The van der Waals surface area contributed by atoms with Crippen LogP contribution in [0.1, 0.15) is 45.1 Å². The standard InChI is InChI=1S/C21H26N6O4S2/c1-21(29)8-2-3-16(21)27-17(28)5-4-14-13-23-19(25-18(14)27)24-15-6-10-26(11-7-15)33(30,31)20-22-9-12-32-20/h4-5,9,12-13,15-16,29H,2-3,6-8,10-11H2,1H3,(H,23,24,25). The number of sulfonamides is 1. The third kappa shape index (κ3) is 4.16. The minimum absolute atomic E-state index is 0.00340. The van der Waals surface area contributed by atoms with Gasteiger partial charge >= 0.3 is 0 Å². The number of rotatable bonds is 5. The molecular weight excluding hydrogens is 464 g/mol. The number of hydrogen-bond donors (Lipinski definition) is 2. The average Bonchev–Trinajstić information content (AvgIpc) is 3.44. The lowest BCUT2D eigenvalue weighted by molar-refractivity contribution is 0.0267. The molecule has 176 valence electrons. The Kier molecular flexibility index (Phi) is 5.71. The number of nitrogens with zero attached hydrogens (tertiary/aromatic N) is 5. The molecule has 2 fully saturated rings. The van der Waals surface area contributed by atoms with Crippen LogP contribution in [-0.4, -0.2) is 62.1 Å². The topological polar surface area (TPSA) is 130 Å². The van der Waals surface area contributed by atoms with Gasteiger partial charge in [-0.2, -0.15) is 9.29 Å². The second-order valence-electron chi connectivity index (χ2n) is 8.90. The van der Waals surface area contributed by atoms with Gasteiger partial charge in [-0.3, -0.25) is 9.36 Å². The van der Waals surface area contributed by atoms with Crippen LogP contribution in [0.3, 0.4) is 0 Å². The van der Waals surface area contributed by atoms with Crippen LogP contribution in [0.25, 0.3) is 11.0 Å². The first kappa shape index (κ1) is 22.4. The lowest BCUT2D eigenvalue weighted by Gasteiger charge is -2.31. The molecule has 2 N–H and O–H groups in total. The van der Waals surface area contributed by atoms with E-state index < -0.39 is 15.6 Å². The highest BCUT2D eigenvalue weighted by molar-refractivity contribution is 7.91. The molecule has 0 radical (unpaired) electrons. The van der Waals surface area contributed by atoms with Gasteiger partial charge in [-0.15, -0.1) is 11.3 Å². The molecule has 12 heteroatoms. The van der Waals surface area contributed by atoms with Crippen LogP contribution in [0.2, 0.25) is 0 Å². The van der Waals surface area contributed by atoms with Crippen LogP contribution in [0.4, 0.5) is 5.95 Å². The number of hydrogen-bond acceptors (Lipinski definition) is 9. The van der Waals surface area contributed by atoms with Crippen molar-refractivity contribution in [2.75, 3.05) is 18.4 Å². The summed E-state index contributed by atoms with van der Waals surface area (Å²) in [5, 5.41) is 16.5.